The predicted octanol–water partition coefficient (Wildman–Crippen LogP) is 5.02. The molecule has 10 heteroatoms. The third kappa shape index (κ3) is 4.09. The second-order valence-corrected chi connectivity index (χ2v) is 10.4. The van der Waals surface area contributed by atoms with E-state index >= 15 is 0 Å². The number of carbonyl (C=O) groups is 2. The van der Waals surface area contributed by atoms with Gasteiger partial charge in [-0.3, -0.25) is 19.8 Å². The molecule has 0 fully saturated rings. The first-order valence-corrected chi connectivity index (χ1v) is 13.2. The van der Waals surface area contributed by atoms with E-state index in [0.29, 0.717) is 46.7 Å². The van der Waals surface area contributed by atoms with Crippen molar-refractivity contribution in [1.29, 1.82) is 5.26 Å². The number of esters is 1. The topological polar surface area (TPSA) is 140 Å². The predicted molar refractivity (Wildman–Crippen MR) is 138 cm³/mol. The van der Waals surface area contributed by atoms with Gasteiger partial charge in [-0.25, -0.2) is 4.79 Å². The lowest BCUT2D eigenvalue weighted by Crippen LogP contribution is -2.39. The van der Waals surface area contributed by atoms with Crippen LogP contribution < -0.4 is 10.6 Å². The highest BCUT2D eigenvalue weighted by Gasteiger charge is 2.43. The number of ether oxygens (including phenoxy) is 1. The number of benzene rings is 1. The number of allylic oxidation sites excluding steroid dienone is 3. The number of nitro benzene ring substituents is 1. The van der Waals surface area contributed by atoms with Gasteiger partial charge in [0.2, 0.25) is 0 Å². The smallest absolute Gasteiger partial charge is 0.341 e. The van der Waals surface area contributed by atoms with Gasteiger partial charge < -0.3 is 10.5 Å². The number of Topliss-reactive ketones (excluding diaryl/α,β-unsaturated/α-hetero) is 1. The Balaban J connectivity index is 1.76. The summed E-state index contributed by atoms with van der Waals surface area (Å²) in [6.07, 6.45) is 5.01. The van der Waals surface area contributed by atoms with Gasteiger partial charge >= 0.3 is 5.97 Å². The quantitative estimate of drug-likeness (QED) is 0.331. The number of nitriles is 1. The van der Waals surface area contributed by atoms with E-state index in [1.807, 2.05) is 0 Å². The monoisotopic (exact) mass is 518 g/mol. The van der Waals surface area contributed by atoms with Gasteiger partial charge in [-0.15, -0.1) is 11.3 Å². The van der Waals surface area contributed by atoms with E-state index in [1.54, 1.807) is 24.0 Å². The molecule has 0 saturated heterocycles. The van der Waals surface area contributed by atoms with Crippen molar-refractivity contribution < 1.29 is 19.2 Å². The standard InChI is InChI=1S/C27H26N4O5S/c1-2-36-27(33)23-17-9-3-4-12-21(17)37-26(23)30-19-10-6-11-20(32)24(19)22(18(14-28)25(30)29)15-7-5-8-16(13-15)31(34)35/h5,7-8,13,22H,2-4,6,9-12,29H2,1H3. The molecule has 1 aromatic heterocycles. The van der Waals surface area contributed by atoms with E-state index in [0.717, 1.165) is 36.1 Å². The molecule has 2 aromatic rings. The van der Waals surface area contributed by atoms with Crippen molar-refractivity contribution in [3.8, 4) is 6.07 Å². The Morgan fingerprint density at radius 3 is 2.78 bits per heavy atom. The van der Waals surface area contributed by atoms with E-state index in [9.17, 15) is 25.0 Å². The highest BCUT2D eigenvalue weighted by atomic mass is 32.1. The Morgan fingerprint density at radius 2 is 2.05 bits per heavy atom. The zero-order chi connectivity index (χ0) is 26.3. The van der Waals surface area contributed by atoms with Crippen LogP contribution in [0.25, 0.3) is 0 Å². The van der Waals surface area contributed by atoms with Crippen LogP contribution in [0.4, 0.5) is 10.7 Å². The molecule has 1 aromatic carbocycles. The Hall–Kier alpha value is -3.97. The van der Waals surface area contributed by atoms with Crippen LogP contribution in [-0.2, 0) is 22.4 Å². The molecule has 2 heterocycles. The average molecular weight is 519 g/mol. The molecule has 190 valence electrons. The van der Waals surface area contributed by atoms with Crippen molar-refractivity contribution in [1.82, 2.24) is 0 Å². The summed E-state index contributed by atoms with van der Waals surface area (Å²) in [7, 11) is 0. The number of hydrogen-bond donors (Lipinski definition) is 1. The number of non-ortho nitro benzene ring substituents is 1. The molecular weight excluding hydrogens is 492 g/mol. The molecule has 0 spiro atoms. The minimum atomic E-state index is -0.815. The molecule has 3 aliphatic rings. The van der Waals surface area contributed by atoms with Crippen LogP contribution in [0, 0.1) is 21.4 Å². The van der Waals surface area contributed by atoms with Crippen LogP contribution in [0.1, 0.15) is 71.3 Å². The number of nitrogens with zero attached hydrogens (tertiary/aromatic N) is 3. The maximum Gasteiger partial charge on any atom is 0.341 e. The minimum absolute atomic E-state index is 0.123. The summed E-state index contributed by atoms with van der Waals surface area (Å²) < 4.78 is 5.43. The Labute approximate surface area is 218 Å². The molecule has 1 aliphatic heterocycles. The number of anilines is 1. The van der Waals surface area contributed by atoms with Crippen LogP contribution in [0.15, 0.2) is 46.9 Å². The van der Waals surface area contributed by atoms with Gasteiger partial charge in [0.05, 0.1) is 34.7 Å². The van der Waals surface area contributed by atoms with Gasteiger partial charge in [0.25, 0.3) is 5.69 Å². The summed E-state index contributed by atoms with van der Waals surface area (Å²) >= 11 is 1.47. The fourth-order valence-corrected chi connectivity index (χ4v) is 7.01. The molecule has 2 aliphatic carbocycles. The lowest BCUT2D eigenvalue weighted by atomic mass is 9.75. The molecule has 0 saturated carbocycles. The number of nitro groups is 1. The van der Waals surface area contributed by atoms with Gasteiger partial charge in [0.1, 0.15) is 10.8 Å². The number of thiophene rings is 1. The molecular formula is C27H26N4O5S. The maximum absolute atomic E-state index is 13.4. The first-order chi connectivity index (χ1) is 17.9. The fraction of sp³-hybridized carbons (Fsp3) is 0.370. The largest absolute Gasteiger partial charge is 0.462 e. The molecule has 1 unspecified atom stereocenters. The first-order valence-electron chi connectivity index (χ1n) is 12.4. The Bertz CT molecular complexity index is 1430. The molecule has 2 N–H and O–H groups in total. The summed E-state index contributed by atoms with van der Waals surface area (Å²) in [5.74, 6) is -1.24. The van der Waals surface area contributed by atoms with Crippen LogP contribution in [0.3, 0.4) is 0 Å². The number of aryl methyl sites for hydroxylation is 1. The van der Waals surface area contributed by atoms with Crippen molar-refractivity contribution in [3.05, 3.63) is 78.6 Å². The van der Waals surface area contributed by atoms with E-state index in [-0.39, 0.29) is 29.5 Å². The van der Waals surface area contributed by atoms with Gasteiger partial charge in [-0.05, 0) is 56.6 Å². The highest BCUT2D eigenvalue weighted by molar-refractivity contribution is 7.16. The van der Waals surface area contributed by atoms with Crippen molar-refractivity contribution >= 4 is 33.8 Å². The van der Waals surface area contributed by atoms with Crippen molar-refractivity contribution in [3.63, 3.8) is 0 Å². The lowest BCUT2D eigenvalue weighted by molar-refractivity contribution is -0.384. The van der Waals surface area contributed by atoms with Gasteiger partial charge in [0, 0.05) is 34.7 Å². The van der Waals surface area contributed by atoms with Crippen LogP contribution in [-0.4, -0.2) is 23.3 Å². The van der Waals surface area contributed by atoms with E-state index in [2.05, 4.69) is 6.07 Å². The summed E-state index contributed by atoms with van der Waals surface area (Å²) in [5, 5.41) is 22.3. The number of fused-ring (bicyclic) bond motifs is 1. The number of rotatable bonds is 5. The summed E-state index contributed by atoms with van der Waals surface area (Å²) in [5.41, 5.74) is 9.66. The Morgan fingerprint density at radius 1 is 1.27 bits per heavy atom. The number of nitrogens with two attached hydrogens (primary N) is 1. The van der Waals surface area contributed by atoms with Gasteiger partial charge in [0.15, 0.2) is 5.78 Å². The van der Waals surface area contributed by atoms with Crippen molar-refractivity contribution in [2.75, 3.05) is 11.5 Å². The van der Waals surface area contributed by atoms with Crippen LogP contribution in [0.2, 0.25) is 0 Å². The molecule has 0 bridgehead atoms. The third-order valence-electron chi connectivity index (χ3n) is 7.16. The van der Waals surface area contributed by atoms with E-state index in [4.69, 9.17) is 10.5 Å². The fourth-order valence-electron chi connectivity index (χ4n) is 5.59. The third-order valence-corrected chi connectivity index (χ3v) is 8.44. The first kappa shape index (κ1) is 24.7. The normalized spacial score (nSPS) is 19.3. The van der Waals surface area contributed by atoms with Crippen molar-refractivity contribution in [2.45, 2.75) is 57.8 Å². The maximum atomic E-state index is 13.4. The Kier molecular flexibility index (Phi) is 6.56. The number of carbonyl (C=O) groups excluding carboxylic acids is 2. The second kappa shape index (κ2) is 9.82. The van der Waals surface area contributed by atoms with Gasteiger partial charge in [-0.1, -0.05) is 12.1 Å². The van der Waals surface area contributed by atoms with Crippen LogP contribution >= 0.6 is 11.3 Å². The molecule has 0 radical (unpaired) electrons. The highest BCUT2D eigenvalue weighted by Crippen LogP contribution is 2.50. The number of hydrogen-bond acceptors (Lipinski definition) is 9. The zero-order valence-electron chi connectivity index (χ0n) is 20.4. The van der Waals surface area contributed by atoms with Gasteiger partial charge in [-0.2, -0.15) is 5.26 Å². The molecule has 1 atom stereocenters. The average Bonchev–Trinajstić information content (AvgIpc) is 3.27. The molecule has 5 rings (SSSR count). The SMILES string of the molecule is CCOC(=O)c1c(N2C(N)=C(C#N)C(c3cccc([N+](=O)[O-])c3)C3=C2CCCC3=O)sc2c1CCCC2. The summed E-state index contributed by atoms with van der Waals surface area (Å²) in [6.45, 7) is 1.97. The minimum Gasteiger partial charge on any atom is -0.462 e. The second-order valence-electron chi connectivity index (χ2n) is 9.28. The van der Waals surface area contributed by atoms with Crippen LogP contribution in [0.5, 0.6) is 0 Å². The molecule has 0 amide bonds. The molecule has 9 nitrogen and oxygen atoms in total. The molecule has 37 heavy (non-hydrogen) atoms. The summed E-state index contributed by atoms with van der Waals surface area (Å²) in [6, 6.07) is 8.18. The van der Waals surface area contributed by atoms with Crippen molar-refractivity contribution in [2.24, 2.45) is 5.73 Å². The number of ketones is 1. The van der Waals surface area contributed by atoms with E-state index in [1.165, 1.54) is 23.5 Å². The summed E-state index contributed by atoms with van der Waals surface area (Å²) in [4.78, 5) is 40.4. The zero-order valence-corrected chi connectivity index (χ0v) is 21.2. The van der Waals surface area contributed by atoms with E-state index < -0.39 is 16.8 Å². The lowest BCUT2D eigenvalue weighted by Gasteiger charge is -2.39.